The summed E-state index contributed by atoms with van der Waals surface area (Å²) in [6, 6.07) is 0. The van der Waals surface area contributed by atoms with Gasteiger partial charge < -0.3 is 5.11 Å². The normalized spacial score (nSPS) is 37.6. The maximum Gasteiger partial charge on any atom is 0.163 e. The van der Waals surface area contributed by atoms with Gasteiger partial charge in [0.2, 0.25) is 0 Å². The Labute approximate surface area is 105 Å². The van der Waals surface area contributed by atoms with Crippen molar-refractivity contribution in [3.63, 3.8) is 0 Å². The summed E-state index contributed by atoms with van der Waals surface area (Å²) in [7, 11) is 2.55. The van der Waals surface area contributed by atoms with E-state index in [1.54, 1.807) is 0 Å². The number of hydrogen-bond donors (Lipinski definition) is 1. The van der Waals surface area contributed by atoms with Crippen molar-refractivity contribution in [2.45, 2.75) is 44.1 Å². The molecule has 0 amide bonds. The average molecular weight is 253 g/mol. The number of likely N-dealkylation sites (N-methyl/N-ethyl adjacent to an activating group) is 1. The highest BCUT2D eigenvalue weighted by atomic mass is 28.3. The molecule has 0 aromatic heterocycles. The van der Waals surface area contributed by atoms with Crippen molar-refractivity contribution in [1.29, 1.82) is 0 Å². The van der Waals surface area contributed by atoms with Crippen LogP contribution in [-0.4, -0.2) is 49.6 Å². The standard InChI is InChI=1S/C13H23NO2Si/c1-14(2)13-7-6-9(15)12(13)10(16)8-11(13)17(3,4)5/h8-9,12,15H,6-7H2,1-5H3/t9?,12?,13-/m1/s1. The van der Waals surface area contributed by atoms with Crippen molar-refractivity contribution < 1.29 is 9.90 Å². The summed E-state index contributed by atoms with van der Waals surface area (Å²) in [6.07, 6.45) is 3.04. The minimum atomic E-state index is -1.53. The molecule has 4 heteroatoms. The zero-order valence-corrected chi connectivity index (χ0v) is 12.4. The first-order valence-corrected chi connectivity index (χ1v) is 9.83. The quantitative estimate of drug-likeness (QED) is 0.757. The molecule has 17 heavy (non-hydrogen) atoms. The van der Waals surface area contributed by atoms with E-state index in [2.05, 4.69) is 24.5 Å². The van der Waals surface area contributed by atoms with Crippen LogP contribution in [0.15, 0.2) is 11.3 Å². The van der Waals surface area contributed by atoms with E-state index in [0.29, 0.717) is 0 Å². The van der Waals surface area contributed by atoms with Gasteiger partial charge in [-0.05, 0) is 33.0 Å². The molecule has 2 rings (SSSR count). The van der Waals surface area contributed by atoms with Crippen LogP contribution < -0.4 is 0 Å². The number of fused-ring (bicyclic) bond motifs is 1. The molecule has 3 atom stereocenters. The zero-order valence-electron chi connectivity index (χ0n) is 11.4. The molecule has 96 valence electrons. The molecule has 2 aliphatic rings. The molecule has 0 saturated heterocycles. The lowest BCUT2D eigenvalue weighted by atomic mass is 9.87. The molecule has 3 nitrogen and oxygen atoms in total. The summed E-state index contributed by atoms with van der Waals surface area (Å²) in [5, 5.41) is 11.4. The van der Waals surface area contributed by atoms with E-state index in [-0.39, 0.29) is 17.2 Å². The minimum absolute atomic E-state index is 0.140. The van der Waals surface area contributed by atoms with Crippen LogP contribution in [0.1, 0.15) is 12.8 Å². The molecule has 0 spiro atoms. The van der Waals surface area contributed by atoms with E-state index in [1.165, 1.54) is 5.20 Å². The molecule has 1 N–H and O–H groups in total. The summed E-state index contributed by atoms with van der Waals surface area (Å²) in [5.41, 5.74) is -0.193. The van der Waals surface area contributed by atoms with Gasteiger partial charge >= 0.3 is 0 Å². The van der Waals surface area contributed by atoms with E-state index >= 15 is 0 Å². The number of aliphatic hydroxyl groups is 1. The van der Waals surface area contributed by atoms with Gasteiger partial charge in [0.25, 0.3) is 0 Å². The number of nitrogens with zero attached hydrogens (tertiary/aromatic N) is 1. The van der Waals surface area contributed by atoms with Gasteiger partial charge in [-0.15, -0.1) is 0 Å². The molecule has 0 aliphatic heterocycles. The van der Waals surface area contributed by atoms with Gasteiger partial charge in [0.1, 0.15) is 0 Å². The molecular formula is C13H23NO2Si. The van der Waals surface area contributed by atoms with Crippen LogP contribution in [0.2, 0.25) is 19.6 Å². The molecule has 0 heterocycles. The number of ketones is 1. The van der Waals surface area contributed by atoms with Crippen molar-refractivity contribution in [1.82, 2.24) is 4.90 Å². The van der Waals surface area contributed by atoms with Gasteiger partial charge in [-0.25, -0.2) is 0 Å². The second kappa shape index (κ2) is 3.77. The molecule has 1 fully saturated rings. The topological polar surface area (TPSA) is 40.5 Å². The molecule has 2 aliphatic carbocycles. The number of hydrogen-bond acceptors (Lipinski definition) is 3. The fraction of sp³-hybridized carbons (Fsp3) is 0.769. The largest absolute Gasteiger partial charge is 0.392 e. The van der Waals surface area contributed by atoms with Crippen LogP contribution in [0.5, 0.6) is 0 Å². The lowest BCUT2D eigenvalue weighted by Crippen LogP contribution is -2.54. The highest BCUT2D eigenvalue weighted by Crippen LogP contribution is 2.51. The average Bonchev–Trinajstić information content (AvgIpc) is 2.65. The second-order valence-corrected chi connectivity index (χ2v) is 11.7. The number of rotatable bonds is 2. The Balaban J connectivity index is 2.55. The highest BCUT2D eigenvalue weighted by Gasteiger charge is 2.60. The van der Waals surface area contributed by atoms with Crippen LogP contribution in [0.25, 0.3) is 0 Å². The zero-order chi connectivity index (χ0) is 13.0. The molecule has 0 aromatic rings. The lowest BCUT2D eigenvalue weighted by molar-refractivity contribution is -0.122. The van der Waals surface area contributed by atoms with Crippen molar-refractivity contribution in [2.24, 2.45) is 5.92 Å². The smallest absolute Gasteiger partial charge is 0.163 e. The first-order chi connectivity index (χ1) is 7.71. The molecular weight excluding hydrogens is 230 g/mol. The maximum absolute atomic E-state index is 12.2. The molecule has 0 aromatic carbocycles. The fourth-order valence-electron chi connectivity index (χ4n) is 3.70. The Bertz CT molecular complexity index is 383. The summed E-state index contributed by atoms with van der Waals surface area (Å²) >= 11 is 0. The third-order valence-electron chi connectivity index (χ3n) is 4.39. The van der Waals surface area contributed by atoms with Gasteiger partial charge in [0.05, 0.1) is 25.6 Å². The van der Waals surface area contributed by atoms with Crippen molar-refractivity contribution in [3.05, 3.63) is 11.3 Å². The summed E-state index contributed by atoms with van der Waals surface area (Å²) in [4.78, 5) is 14.4. The fourth-order valence-corrected chi connectivity index (χ4v) is 6.08. The Morgan fingerprint density at radius 1 is 1.41 bits per heavy atom. The van der Waals surface area contributed by atoms with E-state index < -0.39 is 14.2 Å². The van der Waals surface area contributed by atoms with Crippen LogP contribution >= 0.6 is 0 Å². The highest BCUT2D eigenvalue weighted by molar-refractivity contribution is 6.84. The van der Waals surface area contributed by atoms with E-state index in [1.807, 2.05) is 20.2 Å². The van der Waals surface area contributed by atoms with E-state index in [0.717, 1.165) is 12.8 Å². The third kappa shape index (κ3) is 1.65. The number of carbonyl (C=O) groups excluding carboxylic acids is 1. The number of allylic oxidation sites excluding steroid dienone is 1. The van der Waals surface area contributed by atoms with E-state index in [9.17, 15) is 9.90 Å². The van der Waals surface area contributed by atoms with Crippen molar-refractivity contribution in [2.75, 3.05) is 14.1 Å². The van der Waals surface area contributed by atoms with Gasteiger partial charge in [-0.2, -0.15) is 0 Å². The van der Waals surface area contributed by atoms with Crippen LogP contribution in [0, 0.1) is 5.92 Å². The maximum atomic E-state index is 12.2. The Morgan fingerprint density at radius 2 is 2.00 bits per heavy atom. The van der Waals surface area contributed by atoms with Crippen molar-refractivity contribution in [3.8, 4) is 0 Å². The second-order valence-electron chi connectivity index (χ2n) is 6.61. The lowest BCUT2D eigenvalue weighted by Gasteiger charge is -2.43. The monoisotopic (exact) mass is 253 g/mol. The van der Waals surface area contributed by atoms with Gasteiger partial charge in [-0.1, -0.05) is 24.8 Å². The van der Waals surface area contributed by atoms with Gasteiger partial charge in [0.15, 0.2) is 5.78 Å². The van der Waals surface area contributed by atoms with Crippen LogP contribution in [0.3, 0.4) is 0 Å². The molecule has 0 radical (unpaired) electrons. The first kappa shape index (κ1) is 13.0. The van der Waals surface area contributed by atoms with Gasteiger partial charge in [0, 0.05) is 0 Å². The summed E-state index contributed by atoms with van der Waals surface area (Å²) < 4.78 is 0. The predicted molar refractivity (Wildman–Crippen MR) is 71.6 cm³/mol. The molecule has 0 bridgehead atoms. The van der Waals surface area contributed by atoms with E-state index in [4.69, 9.17) is 0 Å². The van der Waals surface area contributed by atoms with Crippen molar-refractivity contribution >= 4 is 13.9 Å². The third-order valence-corrected chi connectivity index (χ3v) is 6.58. The molecule has 1 saturated carbocycles. The van der Waals surface area contributed by atoms with Gasteiger partial charge in [-0.3, -0.25) is 9.69 Å². The SMILES string of the molecule is CN(C)[C@@]12CCC(O)C1C(=O)C=C2[Si](C)(C)C. The molecule has 2 unspecified atom stereocenters. The Hall–Kier alpha value is -0.453. The summed E-state index contributed by atoms with van der Waals surface area (Å²) in [6.45, 7) is 6.85. The van der Waals surface area contributed by atoms with Crippen LogP contribution in [-0.2, 0) is 4.79 Å². The first-order valence-electron chi connectivity index (χ1n) is 6.33. The number of carbonyl (C=O) groups is 1. The Kier molecular flexibility index (Phi) is 2.88. The number of aliphatic hydroxyl groups excluding tert-OH is 1. The Morgan fingerprint density at radius 3 is 2.47 bits per heavy atom. The summed E-state index contributed by atoms with van der Waals surface area (Å²) in [5.74, 6) is -0.0830. The minimum Gasteiger partial charge on any atom is -0.392 e. The van der Waals surface area contributed by atoms with Crippen LogP contribution in [0.4, 0.5) is 0 Å². The predicted octanol–water partition coefficient (Wildman–Crippen LogP) is 1.44.